The van der Waals surface area contributed by atoms with Gasteiger partial charge in [0, 0.05) is 74.3 Å². The Kier molecular flexibility index (Phi) is 14.5. The zero-order valence-electron chi connectivity index (χ0n) is 36.4. The highest BCUT2D eigenvalue weighted by atomic mass is 16.2. The van der Waals surface area contributed by atoms with E-state index in [2.05, 4.69) is 46.0 Å². The zero-order chi connectivity index (χ0) is 43.6. The van der Waals surface area contributed by atoms with Crippen LogP contribution in [-0.4, -0.2) is 92.8 Å². The van der Waals surface area contributed by atoms with Crippen LogP contribution in [0.5, 0.6) is 0 Å². The zero-order valence-corrected chi connectivity index (χ0v) is 36.4. The van der Waals surface area contributed by atoms with E-state index in [-0.39, 0.29) is 34.8 Å². The van der Waals surface area contributed by atoms with E-state index in [1.807, 2.05) is 56.4 Å². The fraction of sp³-hybridized carbons (Fsp3) is 0.447. The Labute approximate surface area is 363 Å². The molecule has 4 N–H and O–H groups in total. The summed E-state index contributed by atoms with van der Waals surface area (Å²) in [5.74, 6) is 1.10. The number of fused-ring (bicyclic) bond motifs is 1. The molecule has 1 saturated carbocycles. The predicted molar refractivity (Wildman–Crippen MR) is 245 cm³/mol. The van der Waals surface area contributed by atoms with Crippen molar-refractivity contribution in [2.24, 2.45) is 0 Å². The van der Waals surface area contributed by atoms with E-state index in [9.17, 15) is 19.2 Å². The second-order valence-electron chi connectivity index (χ2n) is 16.6. The lowest BCUT2D eigenvalue weighted by Gasteiger charge is -2.35. The van der Waals surface area contributed by atoms with Crippen LogP contribution in [-0.2, 0) is 4.79 Å². The number of hydrogen-bond acceptors (Lipinski definition) is 12. The maximum atomic E-state index is 13.6. The third-order valence-corrected chi connectivity index (χ3v) is 12.1. The Morgan fingerprint density at radius 2 is 1.50 bits per heavy atom. The Bertz CT molecular complexity index is 2420. The highest BCUT2D eigenvalue weighted by molar-refractivity contribution is 6.05. The Morgan fingerprint density at radius 3 is 2.21 bits per heavy atom. The third kappa shape index (κ3) is 10.8. The van der Waals surface area contributed by atoms with Crippen LogP contribution in [0.15, 0.2) is 65.8 Å². The van der Waals surface area contributed by atoms with Crippen molar-refractivity contribution in [1.82, 2.24) is 34.7 Å². The van der Waals surface area contributed by atoms with E-state index in [0.717, 1.165) is 113 Å². The topological polar surface area (TPSA) is 179 Å². The molecule has 1 aromatic carbocycles. The van der Waals surface area contributed by atoms with Crippen LogP contribution >= 0.6 is 0 Å². The average Bonchev–Trinajstić information content (AvgIpc) is 3.79. The molecule has 1 aliphatic heterocycles. The summed E-state index contributed by atoms with van der Waals surface area (Å²) in [7, 11) is 0. The predicted octanol–water partition coefficient (Wildman–Crippen LogP) is 7.12. The average molecular weight is 842 g/mol. The maximum absolute atomic E-state index is 13.6. The lowest BCUT2D eigenvalue weighted by atomic mass is 10.0. The molecule has 0 radical (unpaired) electrons. The van der Waals surface area contributed by atoms with E-state index >= 15 is 0 Å². The fourth-order valence-corrected chi connectivity index (χ4v) is 8.52. The first kappa shape index (κ1) is 43.9. The van der Waals surface area contributed by atoms with Gasteiger partial charge in [-0.05, 0) is 100 Å². The molecule has 15 nitrogen and oxygen atoms in total. The molecular formula is C47H59N11O4. The van der Waals surface area contributed by atoms with Gasteiger partial charge in [-0.1, -0.05) is 44.2 Å². The molecule has 7 rings (SSSR count). The molecule has 15 heteroatoms. The lowest BCUT2D eigenvalue weighted by molar-refractivity contribution is -0.122. The molecule has 2 aliphatic rings. The standard InChI is InChI=1S/C47H59N11O4/c1-31-17-19-40(50-27-31)53-45(61)37-15-12-16-39(32(37)2)48-21-10-6-5-7-11-22-49-42(60)30-56-23-25-57(26-24-56)36-18-20-41(51-28-36)54-47-52-29-38-33(3)43(34(4)59)46(62)58(44(38)55-47)35-13-8-9-14-35/h12,15-20,27-29,35,48H,5-11,13-14,21-26,30H2,1-4H3,(H,49,60)(H,50,53,61)(H,51,52,54,55). The summed E-state index contributed by atoms with van der Waals surface area (Å²) in [6.07, 6.45) is 14.3. The van der Waals surface area contributed by atoms with Gasteiger partial charge in [0.2, 0.25) is 11.9 Å². The third-order valence-electron chi connectivity index (χ3n) is 12.1. The number of aryl methyl sites for hydroxylation is 2. The van der Waals surface area contributed by atoms with Crippen LogP contribution in [0.3, 0.4) is 0 Å². The number of nitrogens with zero attached hydrogens (tertiary/aromatic N) is 7. The van der Waals surface area contributed by atoms with Gasteiger partial charge in [0.05, 0.1) is 24.0 Å². The summed E-state index contributed by atoms with van der Waals surface area (Å²) >= 11 is 0. The molecule has 0 atom stereocenters. The molecule has 5 aromatic rings. The number of Topliss-reactive ketones (excluding diaryl/α,β-unsaturated/α-hetero) is 1. The van der Waals surface area contributed by atoms with E-state index < -0.39 is 0 Å². The summed E-state index contributed by atoms with van der Waals surface area (Å²) in [5.41, 5.74) is 5.63. The van der Waals surface area contributed by atoms with Gasteiger partial charge in [0.15, 0.2) is 5.78 Å². The second-order valence-corrected chi connectivity index (χ2v) is 16.6. The van der Waals surface area contributed by atoms with E-state index in [4.69, 9.17) is 4.98 Å². The number of rotatable bonds is 18. The highest BCUT2D eigenvalue weighted by Gasteiger charge is 2.26. The first-order valence-corrected chi connectivity index (χ1v) is 22.0. The molecule has 326 valence electrons. The minimum atomic E-state index is -0.275. The molecule has 1 saturated heterocycles. The first-order valence-electron chi connectivity index (χ1n) is 22.0. The highest BCUT2D eigenvalue weighted by Crippen LogP contribution is 2.32. The maximum Gasteiger partial charge on any atom is 0.263 e. The summed E-state index contributed by atoms with van der Waals surface area (Å²) < 4.78 is 1.71. The summed E-state index contributed by atoms with van der Waals surface area (Å²) in [6.45, 7) is 12.2. The van der Waals surface area contributed by atoms with Gasteiger partial charge >= 0.3 is 0 Å². The van der Waals surface area contributed by atoms with Crippen LogP contribution in [0.2, 0.25) is 0 Å². The second kappa shape index (κ2) is 20.6. The van der Waals surface area contributed by atoms with Crippen molar-refractivity contribution in [2.75, 3.05) is 66.7 Å². The van der Waals surface area contributed by atoms with Gasteiger partial charge in [0.25, 0.3) is 11.5 Å². The lowest BCUT2D eigenvalue weighted by Crippen LogP contribution is -2.49. The molecule has 2 fully saturated rings. The molecule has 0 spiro atoms. The Hall–Kier alpha value is -6.22. The number of aromatic nitrogens is 5. The molecule has 5 heterocycles. The number of ketones is 1. The molecule has 0 bridgehead atoms. The first-order chi connectivity index (χ1) is 30.0. The molecule has 62 heavy (non-hydrogen) atoms. The van der Waals surface area contributed by atoms with Crippen LogP contribution in [0, 0.1) is 20.8 Å². The van der Waals surface area contributed by atoms with Crippen molar-refractivity contribution in [2.45, 2.75) is 91.5 Å². The van der Waals surface area contributed by atoms with Crippen LogP contribution in [0.1, 0.15) is 108 Å². The van der Waals surface area contributed by atoms with Crippen molar-refractivity contribution in [3.63, 3.8) is 0 Å². The quantitative estimate of drug-likeness (QED) is 0.0519. The molecular weight excluding hydrogens is 783 g/mol. The Morgan fingerprint density at radius 1 is 0.774 bits per heavy atom. The summed E-state index contributed by atoms with van der Waals surface area (Å²) in [4.78, 5) is 74.3. The molecule has 4 aromatic heterocycles. The van der Waals surface area contributed by atoms with Gasteiger partial charge < -0.3 is 26.2 Å². The van der Waals surface area contributed by atoms with Crippen molar-refractivity contribution in [1.29, 1.82) is 0 Å². The van der Waals surface area contributed by atoms with Crippen molar-refractivity contribution < 1.29 is 14.4 Å². The molecule has 1 aliphatic carbocycles. The number of pyridine rings is 3. The van der Waals surface area contributed by atoms with E-state index in [1.54, 1.807) is 30.0 Å². The van der Waals surface area contributed by atoms with Crippen LogP contribution < -0.4 is 31.7 Å². The molecule has 2 amide bonds. The van der Waals surface area contributed by atoms with Gasteiger partial charge in [0.1, 0.15) is 17.3 Å². The number of nitrogens with one attached hydrogen (secondary N) is 4. The summed E-state index contributed by atoms with van der Waals surface area (Å²) in [5, 5.41) is 13.4. The number of piperazine rings is 1. The smallest absolute Gasteiger partial charge is 0.263 e. The minimum Gasteiger partial charge on any atom is -0.385 e. The molecule has 0 unspecified atom stereocenters. The van der Waals surface area contributed by atoms with Gasteiger partial charge in [-0.15, -0.1) is 0 Å². The Balaban J connectivity index is 0.781. The largest absolute Gasteiger partial charge is 0.385 e. The van der Waals surface area contributed by atoms with Gasteiger partial charge in [-0.3, -0.25) is 28.6 Å². The van der Waals surface area contributed by atoms with Crippen LogP contribution in [0.25, 0.3) is 11.0 Å². The SMILES string of the molecule is CC(=O)c1c(C)c2cnc(Nc3ccc(N4CCN(CC(=O)NCCCCCCCNc5cccc(C(=O)Nc6ccc(C)cn6)c5C)CC4)cn3)nc2n(C2CCCC2)c1=O. The number of carbonyl (C=O) groups excluding carboxylic acids is 3. The number of unbranched alkanes of at least 4 members (excludes halogenated alkanes) is 4. The number of benzene rings is 1. The van der Waals surface area contributed by atoms with E-state index in [0.29, 0.717) is 52.8 Å². The van der Waals surface area contributed by atoms with Crippen molar-refractivity contribution in [3.8, 4) is 0 Å². The van der Waals surface area contributed by atoms with Crippen LogP contribution in [0.4, 0.5) is 29.0 Å². The number of amides is 2. The van der Waals surface area contributed by atoms with Crippen molar-refractivity contribution >= 4 is 57.6 Å². The van der Waals surface area contributed by atoms with Gasteiger partial charge in [-0.25, -0.2) is 15.0 Å². The number of anilines is 5. The van der Waals surface area contributed by atoms with Gasteiger partial charge in [-0.2, -0.15) is 4.98 Å². The van der Waals surface area contributed by atoms with Crippen molar-refractivity contribution in [3.05, 3.63) is 99.2 Å². The fourth-order valence-electron chi connectivity index (χ4n) is 8.52. The van der Waals surface area contributed by atoms with E-state index in [1.165, 1.54) is 6.92 Å². The summed E-state index contributed by atoms with van der Waals surface area (Å²) in [6, 6.07) is 13.4. The normalized spacial score (nSPS) is 14.5. The monoisotopic (exact) mass is 841 g/mol. The number of hydrogen-bond donors (Lipinski definition) is 4. The minimum absolute atomic E-state index is 0.00843. The number of carbonyl (C=O) groups is 3.